The largest absolute Gasteiger partial charge is 0.486 e. The highest BCUT2D eigenvalue weighted by molar-refractivity contribution is 7.17. The average Bonchev–Trinajstić information content (AvgIpc) is 3.44. The molecule has 0 unspecified atom stereocenters. The maximum atomic E-state index is 12.8. The predicted octanol–water partition coefficient (Wildman–Crippen LogP) is 5.14. The quantitative estimate of drug-likeness (QED) is 0.648. The van der Waals surface area contributed by atoms with Crippen LogP contribution in [0.3, 0.4) is 0 Å². The van der Waals surface area contributed by atoms with E-state index < -0.39 is 0 Å². The minimum Gasteiger partial charge on any atom is -0.486 e. The Kier molecular flexibility index (Phi) is 4.97. The van der Waals surface area contributed by atoms with Gasteiger partial charge in [-0.25, -0.2) is 4.68 Å². The summed E-state index contributed by atoms with van der Waals surface area (Å²) >= 11 is 1.47. The Bertz CT molecular complexity index is 1020. The van der Waals surface area contributed by atoms with Crippen molar-refractivity contribution in [3.05, 3.63) is 47.5 Å². The first kappa shape index (κ1) is 18.2. The van der Waals surface area contributed by atoms with Gasteiger partial charge >= 0.3 is 0 Å². The molecule has 1 fully saturated rings. The second-order valence-electron chi connectivity index (χ2n) is 7.43. The van der Waals surface area contributed by atoms with Crippen LogP contribution in [0, 0.1) is 0 Å². The molecular formula is C22H23N3O3S. The molecule has 0 atom stereocenters. The van der Waals surface area contributed by atoms with E-state index in [4.69, 9.17) is 9.47 Å². The Hall–Kier alpha value is -2.80. The van der Waals surface area contributed by atoms with Crippen molar-refractivity contribution in [2.24, 2.45) is 0 Å². The van der Waals surface area contributed by atoms with Gasteiger partial charge < -0.3 is 14.8 Å². The average molecular weight is 410 g/mol. The third kappa shape index (κ3) is 3.74. The molecule has 29 heavy (non-hydrogen) atoms. The molecule has 0 saturated heterocycles. The summed E-state index contributed by atoms with van der Waals surface area (Å²) in [5.74, 6) is 2.20. The van der Waals surface area contributed by atoms with E-state index in [9.17, 15) is 4.79 Å². The van der Waals surface area contributed by atoms with E-state index in [1.54, 1.807) is 6.20 Å². The molecule has 3 heterocycles. The number of carbonyl (C=O) groups excluding carboxylic acids is 1. The van der Waals surface area contributed by atoms with Gasteiger partial charge in [0, 0.05) is 10.9 Å². The van der Waals surface area contributed by atoms with Gasteiger partial charge in [-0.15, -0.1) is 11.3 Å². The SMILES string of the molecule is O=C(Nc1ccnn1C1CCCCC1)c1ccc(-c2ccc3c(c2)OCCO3)s1. The van der Waals surface area contributed by atoms with E-state index in [0.717, 1.165) is 40.6 Å². The lowest BCUT2D eigenvalue weighted by Gasteiger charge is -2.23. The molecule has 7 heteroatoms. The summed E-state index contributed by atoms with van der Waals surface area (Å²) in [6.45, 7) is 1.14. The standard InChI is InChI=1S/C22H23N3O3S/c26-22(24-21-10-11-23-25(21)16-4-2-1-3-5-16)20-9-8-19(29-20)15-6-7-17-18(14-15)28-13-12-27-17/h6-11,14,16H,1-5,12-13H2,(H,24,26). The first-order chi connectivity index (χ1) is 14.3. The van der Waals surface area contributed by atoms with Crippen molar-refractivity contribution in [2.75, 3.05) is 18.5 Å². The highest BCUT2D eigenvalue weighted by atomic mass is 32.1. The van der Waals surface area contributed by atoms with Gasteiger partial charge in [0.2, 0.25) is 0 Å². The smallest absolute Gasteiger partial charge is 0.266 e. The maximum absolute atomic E-state index is 12.8. The van der Waals surface area contributed by atoms with Crippen LogP contribution in [0.4, 0.5) is 5.82 Å². The van der Waals surface area contributed by atoms with Crippen LogP contribution < -0.4 is 14.8 Å². The van der Waals surface area contributed by atoms with E-state index in [0.29, 0.717) is 24.1 Å². The molecule has 1 aliphatic heterocycles. The maximum Gasteiger partial charge on any atom is 0.266 e. The molecule has 6 nitrogen and oxygen atoms in total. The van der Waals surface area contributed by atoms with Crippen molar-refractivity contribution < 1.29 is 14.3 Å². The second kappa shape index (κ2) is 7.91. The van der Waals surface area contributed by atoms with Gasteiger partial charge in [-0.2, -0.15) is 5.10 Å². The van der Waals surface area contributed by atoms with Gasteiger partial charge in [0.25, 0.3) is 5.91 Å². The van der Waals surface area contributed by atoms with E-state index in [2.05, 4.69) is 10.4 Å². The highest BCUT2D eigenvalue weighted by Gasteiger charge is 2.20. The number of ether oxygens (including phenoxy) is 2. The summed E-state index contributed by atoms with van der Waals surface area (Å²) < 4.78 is 13.2. The van der Waals surface area contributed by atoms with E-state index in [1.165, 1.54) is 30.6 Å². The monoisotopic (exact) mass is 409 g/mol. The van der Waals surface area contributed by atoms with Crippen molar-refractivity contribution in [3.8, 4) is 21.9 Å². The number of benzene rings is 1. The van der Waals surface area contributed by atoms with Crippen molar-refractivity contribution in [1.82, 2.24) is 9.78 Å². The third-order valence-electron chi connectivity index (χ3n) is 5.49. The molecule has 2 aromatic heterocycles. The minimum absolute atomic E-state index is 0.101. The number of anilines is 1. The summed E-state index contributed by atoms with van der Waals surface area (Å²) in [6.07, 6.45) is 7.75. The molecule has 1 aromatic carbocycles. The van der Waals surface area contributed by atoms with Crippen LogP contribution in [-0.4, -0.2) is 28.9 Å². The second-order valence-corrected chi connectivity index (χ2v) is 8.51. The van der Waals surface area contributed by atoms with Gasteiger partial charge in [0.1, 0.15) is 19.0 Å². The topological polar surface area (TPSA) is 65.4 Å². The molecule has 0 radical (unpaired) electrons. The number of amides is 1. The van der Waals surface area contributed by atoms with Gasteiger partial charge in [-0.05, 0) is 48.7 Å². The Morgan fingerprint density at radius 3 is 2.72 bits per heavy atom. The predicted molar refractivity (Wildman–Crippen MR) is 113 cm³/mol. The van der Waals surface area contributed by atoms with E-state index in [1.807, 2.05) is 41.1 Å². The molecule has 0 spiro atoms. The van der Waals surface area contributed by atoms with Crippen LogP contribution in [0.5, 0.6) is 11.5 Å². The van der Waals surface area contributed by atoms with Crippen LogP contribution in [0.25, 0.3) is 10.4 Å². The fraction of sp³-hybridized carbons (Fsp3) is 0.364. The number of rotatable bonds is 4. The molecule has 2 aliphatic rings. The Morgan fingerprint density at radius 2 is 1.86 bits per heavy atom. The Balaban J connectivity index is 1.32. The zero-order chi connectivity index (χ0) is 19.6. The summed E-state index contributed by atoms with van der Waals surface area (Å²) in [5, 5.41) is 7.51. The number of nitrogens with zero attached hydrogens (tertiary/aromatic N) is 2. The van der Waals surface area contributed by atoms with E-state index >= 15 is 0 Å². The van der Waals surface area contributed by atoms with Crippen molar-refractivity contribution in [2.45, 2.75) is 38.1 Å². The number of thiophene rings is 1. The fourth-order valence-electron chi connectivity index (χ4n) is 4.02. The lowest BCUT2D eigenvalue weighted by Crippen LogP contribution is -2.19. The zero-order valence-corrected chi connectivity index (χ0v) is 16.9. The van der Waals surface area contributed by atoms with Crippen LogP contribution in [0.1, 0.15) is 47.8 Å². The number of aromatic nitrogens is 2. The fourth-order valence-corrected chi connectivity index (χ4v) is 4.92. The first-order valence-corrected chi connectivity index (χ1v) is 10.9. The molecule has 1 amide bonds. The molecule has 0 bridgehead atoms. The third-order valence-corrected chi connectivity index (χ3v) is 6.62. The number of hydrogen-bond acceptors (Lipinski definition) is 5. The Morgan fingerprint density at radius 1 is 1.03 bits per heavy atom. The molecule has 1 aliphatic carbocycles. The first-order valence-electron chi connectivity index (χ1n) is 10.1. The summed E-state index contributed by atoms with van der Waals surface area (Å²) in [6, 6.07) is 12.0. The van der Waals surface area contributed by atoms with Crippen molar-refractivity contribution in [3.63, 3.8) is 0 Å². The number of hydrogen-bond donors (Lipinski definition) is 1. The van der Waals surface area contributed by atoms with Crippen molar-refractivity contribution >= 4 is 23.1 Å². The van der Waals surface area contributed by atoms with Gasteiger partial charge in [0.15, 0.2) is 11.5 Å². The minimum atomic E-state index is -0.101. The molecule has 5 rings (SSSR count). The van der Waals surface area contributed by atoms with Gasteiger partial charge in [-0.1, -0.05) is 19.3 Å². The molecule has 1 N–H and O–H groups in total. The molecule has 3 aromatic rings. The summed E-state index contributed by atoms with van der Waals surface area (Å²) in [4.78, 5) is 14.5. The number of fused-ring (bicyclic) bond motifs is 1. The van der Waals surface area contributed by atoms with Crippen LogP contribution >= 0.6 is 11.3 Å². The lowest BCUT2D eigenvalue weighted by atomic mass is 9.96. The van der Waals surface area contributed by atoms with Crippen LogP contribution in [0.15, 0.2) is 42.6 Å². The van der Waals surface area contributed by atoms with Crippen molar-refractivity contribution in [1.29, 1.82) is 0 Å². The number of carbonyl (C=O) groups is 1. The summed E-state index contributed by atoms with van der Waals surface area (Å²) in [7, 11) is 0. The van der Waals surface area contributed by atoms with Crippen LogP contribution in [0.2, 0.25) is 0 Å². The lowest BCUT2D eigenvalue weighted by molar-refractivity contribution is 0.102. The molecule has 1 saturated carbocycles. The molecular weight excluding hydrogens is 386 g/mol. The zero-order valence-electron chi connectivity index (χ0n) is 16.1. The Labute approximate surface area is 173 Å². The highest BCUT2D eigenvalue weighted by Crippen LogP contribution is 2.37. The summed E-state index contributed by atoms with van der Waals surface area (Å²) in [5.41, 5.74) is 1.02. The number of nitrogens with one attached hydrogen (secondary N) is 1. The molecule has 150 valence electrons. The van der Waals surface area contributed by atoms with Crippen LogP contribution in [-0.2, 0) is 0 Å². The van der Waals surface area contributed by atoms with Gasteiger partial charge in [-0.3, -0.25) is 4.79 Å². The van der Waals surface area contributed by atoms with Gasteiger partial charge in [0.05, 0.1) is 17.1 Å². The van der Waals surface area contributed by atoms with E-state index in [-0.39, 0.29) is 5.91 Å². The normalized spacial score (nSPS) is 16.6.